The van der Waals surface area contributed by atoms with Gasteiger partial charge in [-0.05, 0) is 31.9 Å². The third kappa shape index (κ3) is 2.81. The van der Waals surface area contributed by atoms with E-state index in [9.17, 15) is 0 Å². The van der Waals surface area contributed by atoms with Crippen LogP contribution in [0, 0.1) is 0 Å². The van der Waals surface area contributed by atoms with Crippen LogP contribution in [0.2, 0.25) is 0 Å². The van der Waals surface area contributed by atoms with Crippen LogP contribution in [-0.2, 0) is 4.74 Å². The van der Waals surface area contributed by atoms with Gasteiger partial charge in [0.25, 0.3) is 0 Å². The Morgan fingerprint density at radius 3 is 2.89 bits per heavy atom. The molecular formula is C14H21N3O2. The summed E-state index contributed by atoms with van der Waals surface area (Å²) in [5.74, 6) is 0.139. The first-order valence-electron chi connectivity index (χ1n) is 6.47. The maximum Gasteiger partial charge on any atom is 0.172 e. The minimum absolute atomic E-state index is 0.139. The average molecular weight is 263 g/mol. The van der Waals surface area contributed by atoms with Gasteiger partial charge in [0.05, 0.1) is 5.60 Å². The van der Waals surface area contributed by atoms with E-state index in [0.717, 1.165) is 37.2 Å². The predicted octanol–water partition coefficient (Wildman–Crippen LogP) is 1.79. The van der Waals surface area contributed by atoms with Gasteiger partial charge < -0.3 is 20.6 Å². The zero-order chi connectivity index (χ0) is 13.9. The molecule has 5 heteroatoms. The van der Waals surface area contributed by atoms with Gasteiger partial charge in [0, 0.05) is 31.5 Å². The monoisotopic (exact) mass is 263 g/mol. The lowest BCUT2D eigenvalue weighted by molar-refractivity contribution is -0.00465. The molecule has 3 N–H and O–H groups in total. The molecular weight excluding hydrogens is 242 g/mol. The van der Waals surface area contributed by atoms with E-state index in [2.05, 4.69) is 17.0 Å². The van der Waals surface area contributed by atoms with E-state index in [1.165, 1.54) is 0 Å². The topological polar surface area (TPSA) is 71.1 Å². The van der Waals surface area contributed by atoms with Crippen molar-refractivity contribution in [3.63, 3.8) is 0 Å². The summed E-state index contributed by atoms with van der Waals surface area (Å²) in [4.78, 5) is 2.24. The van der Waals surface area contributed by atoms with E-state index in [0.29, 0.717) is 0 Å². The number of methoxy groups -OCH3 is 1. The Kier molecular flexibility index (Phi) is 3.95. The molecule has 104 valence electrons. The van der Waals surface area contributed by atoms with Crippen molar-refractivity contribution in [3.05, 3.63) is 29.8 Å². The number of amidine groups is 1. The van der Waals surface area contributed by atoms with Gasteiger partial charge in [-0.3, -0.25) is 0 Å². The van der Waals surface area contributed by atoms with E-state index in [4.69, 9.17) is 15.7 Å². The molecule has 1 heterocycles. The fraction of sp³-hybridized carbons (Fsp3) is 0.500. The van der Waals surface area contributed by atoms with E-state index in [-0.39, 0.29) is 11.4 Å². The molecule has 1 aliphatic rings. The Labute approximate surface area is 113 Å². The van der Waals surface area contributed by atoms with Crippen LogP contribution in [0.3, 0.4) is 0 Å². The lowest BCUT2D eigenvalue weighted by Gasteiger charge is -2.41. The minimum atomic E-state index is -0.142. The SMILES string of the molecule is COC1(C)CCCN(c2ccccc2/C(N)=N/O)C1. The zero-order valence-electron chi connectivity index (χ0n) is 11.5. The molecule has 1 atom stereocenters. The molecule has 1 fully saturated rings. The van der Waals surface area contributed by atoms with Gasteiger partial charge in [-0.15, -0.1) is 0 Å². The van der Waals surface area contributed by atoms with Crippen LogP contribution < -0.4 is 10.6 Å². The van der Waals surface area contributed by atoms with Crippen molar-refractivity contribution in [1.29, 1.82) is 0 Å². The lowest BCUT2D eigenvalue weighted by Crippen LogP contribution is -2.48. The van der Waals surface area contributed by atoms with Crippen LogP contribution in [0.15, 0.2) is 29.4 Å². The molecule has 1 aromatic rings. The van der Waals surface area contributed by atoms with Crippen LogP contribution in [0.1, 0.15) is 25.3 Å². The fourth-order valence-electron chi connectivity index (χ4n) is 2.60. The summed E-state index contributed by atoms with van der Waals surface area (Å²) in [6.45, 7) is 3.87. The van der Waals surface area contributed by atoms with Gasteiger partial charge in [0.15, 0.2) is 5.84 Å². The molecule has 5 nitrogen and oxygen atoms in total. The Balaban J connectivity index is 2.32. The quantitative estimate of drug-likeness (QED) is 0.377. The van der Waals surface area contributed by atoms with Crippen LogP contribution >= 0.6 is 0 Å². The first-order chi connectivity index (χ1) is 9.09. The molecule has 1 aliphatic heterocycles. The lowest BCUT2D eigenvalue weighted by atomic mass is 9.93. The average Bonchev–Trinajstić information content (AvgIpc) is 2.46. The highest BCUT2D eigenvalue weighted by Crippen LogP contribution is 2.29. The summed E-state index contributed by atoms with van der Waals surface area (Å²) in [7, 11) is 1.75. The molecule has 0 aliphatic carbocycles. The van der Waals surface area contributed by atoms with E-state index >= 15 is 0 Å². The molecule has 0 aromatic heterocycles. The molecule has 0 saturated carbocycles. The molecule has 19 heavy (non-hydrogen) atoms. The van der Waals surface area contributed by atoms with E-state index in [1.807, 2.05) is 24.3 Å². The predicted molar refractivity (Wildman–Crippen MR) is 75.8 cm³/mol. The van der Waals surface area contributed by atoms with Crippen molar-refractivity contribution >= 4 is 11.5 Å². The van der Waals surface area contributed by atoms with Crippen molar-refractivity contribution in [3.8, 4) is 0 Å². The summed E-state index contributed by atoms with van der Waals surface area (Å²) in [5, 5.41) is 12.0. The summed E-state index contributed by atoms with van der Waals surface area (Å²) < 4.78 is 5.60. The summed E-state index contributed by atoms with van der Waals surface area (Å²) in [5.41, 5.74) is 7.34. The number of anilines is 1. The maximum atomic E-state index is 8.88. The zero-order valence-corrected chi connectivity index (χ0v) is 11.5. The van der Waals surface area contributed by atoms with Crippen molar-refractivity contribution < 1.29 is 9.94 Å². The Morgan fingerprint density at radius 1 is 1.47 bits per heavy atom. The number of rotatable bonds is 3. The highest BCUT2D eigenvalue weighted by atomic mass is 16.5. The summed E-state index contributed by atoms with van der Waals surface area (Å²) in [6.07, 6.45) is 2.11. The standard InChI is InChI=1S/C14H21N3O2/c1-14(19-2)8-5-9-17(10-14)12-7-4-3-6-11(12)13(15)16-18/h3-4,6-7,18H,5,8-10H2,1-2H3,(H2,15,16). The number of benzene rings is 1. The van der Waals surface area contributed by atoms with Crippen LogP contribution in [0.4, 0.5) is 5.69 Å². The second-order valence-corrected chi connectivity index (χ2v) is 5.18. The van der Waals surface area contributed by atoms with Crippen molar-refractivity contribution in [2.24, 2.45) is 10.9 Å². The van der Waals surface area contributed by atoms with Crippen molar-refractivity contribution in [1.82, 2.24) is 0 Å². The normalized spacial score (nSPS) is 24.5. The first-order valence-corrected chi connectivity index (χ1v) is 6.47. The van der Waals surface area contributed by atoms with Gasteiger partial charge in [-0.25, -0.2) is 0 Å². The maximum absolute atomic E-state index is 8.88. The highest BCUT2D eigenvalue weighted by molar-refractivity contribution is 6.02. The van der Waals surface area contributed by atoms with Crippen LogP contribution in [-0.4, -0.2) is 36.8 Å². The third-order valence-corrected chi connectivity index (χ3v) is 3.78. The molecule has 0 bridgehead atoms. The van der Waals surface area contributed by atoms with Gasteiger partial charge in [0.1, 0.15) is 0 Å². The van der Waals surface area contributed by atoms with Gasteiger partial charge in [0.2, 0.25) is 0 Å². The number of oxime groups is 1. The Bertz CT molecular complexity index is 476. The first kappa shape index (κ1) is 13.7. The van der Waals surface area contributed by atoms with Gasteiger partial charge >= 0.3 is 0 Å². The second kappa shape index (κ2) is 5.48. The number of para-hydroxylation sites is 1. The van der Waals surface area contributed by atoms with Crippen LogP contribution in [0.25, 0.3) is 0 Å². The fourth-order valence-corrected chi connectivity index (χ4v) is 2.60. The highest BCUT2D eigenvalue weighted by Gasteiger charge is 2.31. The van der Waals surface area contributed by atoms with Gasteiger partial charge in [-0.2, -0.15) is 0 Å². The molecule has 1 saturated heterocycles. The molecule has 0 amide bonds. The molecule has 0 spiro atoms. The number of nitrogens with zero attached hydrogens (tertiary/aromatic N) is 2. The summed E-state index contributed by atoms with van der Waals surface area (Å²) >= 11 is 0. The second-order valence-electron chi connectivity index (χ2n) is 5.18. The Hall–Kier alpha value is -1.75. The van der Waals surface area contributed by atoms with Gasteiger partial charge in [-0.1, -0.05) is 17.3 Å². The van der Waals surface area contributed by atoms with Crippen molar-refractivity contribution in [2.45, 2.75) is 25.4 Å². The smallest absolute Gasteiger partial charge is 0.172 e. The Morgan fingerprint density at radius 2 is 2.21 bits per heavy atom. The molecule has 0 radical (unpaired) electrons. The van der Waals surface area contributed by atoms with Crippen LogP contribution in [0.5, 0.6) is 0 Å². The number of piperidine rings is 1. The number of ether oxygens (including phenoxy) is 1. The molecule has 1 aromatic carbocycles. The third-order valence-electron chi connectivity index (χ3n) is 3.78. The molecule has 2 rings (SSSR count). The molecule has 1 unspecified atom stereocenters. The number of hydrogen-bond acceptors (Lipinski definition) is 4. The van der Waals surface area contributed by atoms with Crippen molar-refractivity contribution in [2.75, 3.05) is 25.1 Å². The van der Waals surface area contributed by atoms with E-state index in [1.54, 1.807) is 7.11 Å². The largest absolute Gasteiger partial charge is 0.409 e. The summed E-state index contributed by atoms with van der Waals surface area (Å²) in [6, 6.07) is 7.70. The number of nitrogens with two attached hydrogens (primary N) is 1. The van der Waals surface area contributed by atoms with E-state index < -0.39 is 0 Å². The minimum Gasteiger partial charge on any atom is -0.409 e. The number of hydrogen-bond donors (Lipinski definition) is 2.